The SMILES string of the molecule is CCOc1ccc2nc3c(nc2c1)O[C@H]1CN(C(=O)[C@H](C(C)(C)C)NC(=O)O[C@@H]2CC4CC4[C@H]2CCCCC3(F)F)[C@H]([C-]=O)[C@@H]1C.CCOc1ccc2nc3c(nc2c1)O[C@H]1CN(C(=O)[C@H](C(C)(C)C)NC(=O)O[C@@H]2CC4CC4[C@H]2CCCCC3(F)F)[C@H]([C-]=O)[C@@H]1CC.CC[C@@H]1[C@@H]2CN(C(=O)[C@H](C(C)(C)C)NC(=O)O[C@]3(C)C[C@H]3CCCCC(F)(F)c3nc4ccc(OC(F)F)cc4nc3O2)[C@@H]1[C-]=O.[V].[V].[V]. The van der Waals surface area contributed by atoms with E-state index in [4.69, 9.17) is 37.9 Å². The third kappa shape index (κ3) is 24.6. The van der Waals surface area contributed by atoms with Crippen LogP contribution in [-0.2, 0) is 116 Å². The smallest absolute Gasteiger partial charge is 0.408 e. The van der Waals surface area contributed by atoms with Gasteiger partial charge in [0.2, 0.25) is 35.4 Å². The number of alkyl carbamates (subject to hydrolysis) is 3. The van der Waals surface area contributed by atoms with Gasteiger partial charge in [0, 0.05) is 99.0 Å². The Bertz CT molecular complexity index is 5570. The maximum atomic E-state index is 16.2. The van der Waals surface area contributed by atoms with Crippen LogP contribution in [0.2, 0.25) is 0 Å². The van der Waals surface area contributed by atoms with Crippen molar-refractivity contribution in [3.8, 4) is 34.9 Å². The van der Waals surface area contributed by atoms with Crippen LogP contribution in [0.3, 0.4) is 0 Å². The monoisotopic (exact) mass is 2100 g/mol. The third-order valence-electron chi connectivity index (χ3n) is 29.9. The topological polar surface area (TPSA) is 360 Å². The van der Waals surface area contributed by atoms with E-state index in [0.29, 0.717) is 117 Å². The Morgan fingerprint density at radius 1 is 0.437 bits per heavy atom. The molecule has 9 heterocycles. The summed E-state index contributed by atoms with van der Waals surface area (Å²) in [5, 5.41) is 8.33. The third-order valence-corrected chi connectivity index (χ3v) is 29.9. The van der Waals surface area contributed by atoms with Crippen molar-refractivity contribution in [2.24, 2.45) is 75.4 Å². The van der Waals surface area contributed by atoms with Gasteiger partial charge < -0.3 is 87.7 Å². The number of aromatic nitrogens is 6. The second-order valence-electron chi connectivity index (χ2n) is 42.8. The zero-order valence-electron chi connectivity index (χ0n) is 82.6. The summed E-state index contributed by atoms with van der Waals surface area (Å²) in [7, 11) is 0. The van der Waals surface area contributed by atoms with Crippen LogP contribution in [0.1, 0.15) is 243 Å². The molecule has 17 rings (SSSR count). The first-order valence-electron chi connectivity index (χ1n) is 49.0. The Morgan fingerprint density at radius 3 is 1.14 bits per heavy atom. The largest absolute Gasteiger partial charge is 0.540 e. The van der Waals surface area contributed by atoms with E-state index in [-0.39, 0.29) is 164 Å². The molecule has 3 radical (unpaired) electrons. The molecule has 6 aromatic rings. The second kappa shape index (κ2) is 44.7. The number of halogens is 8. The summed E-state index contributed by atoms with van der Waals surface area (Å²) in [5.41, 5.74) is -3.71. The van der Waals surface area contributed by atoms with E-state index in [1.165, 1.54) is 26.8 Å². The molecule has 41 heteroatoms. The maximum absolute atomic E-state index is 16.2. The fourth-order valence-corrected chi connectivity index (χ4v) is 22.0. The number of alkyl halides is 8. The van der Waals surface area contributed by atoms with Crippen LogP contribution in [0.25, 0.3) is 33.1 Å². The van der Waals surface area contributed by atoms with Crippen molar-refractivity contribution in [2.45, 2.75) is 323 Å². The van der Waals surface area contributed by atoms with Gasteiger partial charge in [0.1, 0.15) is 71.5 Å². The fraction of sp³-hybridized carbons (Fsp3) is 0.673. The van der Waals surface area contributed by atoms with Gasteiger partial charge in [-0.3, -0.25) is 14.4 Å². The molecule has 5 aliphatic carbocycles. The van der Waals surface area contributed by atoms with Crippen molar-refractivity contribution >= 4 is 88.0 Å². The van der Waals surface area contributed by atoms with Crippen molar-refractivity contribution in [3.63, 3.8) is 0 Å². The predicted molar refractivity (Wildman–Crippen MR) is 490 cm³/mol. The van der Waals surface area contributed by atoms with Crippen molar-refractivity contribution < 1.29 is 177 Å². The van der Waals surface area contributed by atoms with Crippen molar-refractivity contribution in [1.82, 2.24) is 60.6 Å². The van der Waals surface area contributed by atoms with Crippen molar-refractivity contribution in [1.29, 1.82) is 0 Å². The van der Waals surface area contributed by atoms with Crippen LogP contribution in [0.15, 0.2) is 54.6 Å². The summed E-state index contributed by atoms with van der Waals surface area (Å²) in [6.45, 7) is 24.3. The zero-order valence-corrected chi connectivity index (χ0v) is 86.8. The minimum absolute atomic E-state index is 0. The average molecular weight is 2100 g/mol. The Kier molecular flexibility index (Phi) is 35.1. The van der Waals surface area contributed by atoms with Crippen molar-refractivity contribution in [3.05, 3.63) is 71.7 Å². The molecule has 30 nitrogen and oxygen atoms in total. The molecule has 8 fully saturated rings. The molecule has 3 saturated heterocycles. The van der Waals surface area contributed by atoms with Crippen molar-refractivity contribution in [2.75, 3.05) is 32.8 Å². The van der Waals surface area contributed by atoms with Gasteiger partial charge in [-0.2, -0.15) is 35.1 Å². The number of benzene rings is 3. The molecular formula is C101H127F8N12O18V3-3. The molecule has 6 amide bonds. The number of amides is 6. The second-order valence-corrected chi connectivity index (χ2v) is 42.8. The first-order chi connectivity index (χ1) is 65.7. The van der Waals surface area contributed by atoms with Crippen LogP contribution in [0.4, 0.5) is 49.5 Å². The number of hydrogen-bond donors (Lipinski definition) is 3. The molecule has 3 aromatic heterocycles. The summed E-state index contributed by atoms with van der Waals surface area (Å²) >= 11 is 0. The van der Waals surface area contributed by atoms with Gasteiger partial charge in [0.25, 0.3) is 17.8 Å². The number of ether oxygens (including phenoxy) is 9. The molecule has 0 spiro atoms. The first-order valence-corrected chi connectivity index (χ1v) is 49.0. The van der Waals surface area contributed by atoms with Gasteiger partial charge in [-0.25, -0.2) is 63.1 Å². The fourth-order valence-electron chi connectivity index (χ4n) is 22.0. The van der Waals surface area contributed by atoms with Crippen LogP contribution < -0.4 is 44.4 Å². The Morgan fingerprint density at radius 2 is 0.782 bits per heavy atom. The van der Waals surface area contributed by atoms with Gasteiger partial charge in [-0.05, 0) is 197 Å². The molecule has 6 aliphatic heterocycles. The zero-order chi connectivity index (χ0) is 100. The molecule has 3 aromatic carbocycles. The Labute approximate surface area is 857 Å². The van der Waals surface area contributed by atoms with Gasteiger partial charge >= 0.3 is 24.9 Å². The molecule has 142 heavy (non-hydrogen) atoms. The van der Waals surface area contributed by atoms with Gasteiger partial charge in [0.05, 0.1) is 65.9 Å². The number of nitrogens with zero attached hydrogens (tertiary/aromatic N) is 9. The van der Waals surface area contributed by atoms with Crippen LogP contribution >= 0.6 is 0 Å². The quantitative estimate of drug-likeness (QED) is 0.0616. The van der Waals surface area contributed by atoms with Gasteiger partial charge in [0.15, 0.2) is 17.1 Å². The van der Waals surface area contributed by atoms with E-state index in [2.05, 4.69) is 50.6 Å². The predicted octanol–water partition coefficient (Wildman–Crippen LogP) is 17.4. The summed E-state index contributed by atoms with van der Waals surface area (Å²) in [5.74, 6) is -12.1. The van der Waals surface area contributed by atoms with E-state index in [9.17, 15) is 51.9 Å². The molecule has 6 bridgehead atoms. The molecule has 5 saturated carbocycles. The minimum Gasteiger partial charge on any atom is -0.540 e. The molecule has 4 unspecified atom stereocenters. The summed E-state index contributed by atoms with van der Waals surface area (Å²) in [4.78, 5) is 149. The number of hydrogen-bond acceptors (Lipinski definition) is 24. The minimum atomic E-state index is -3.49. The maximum Gasteiger partial charge on any atom is 0.408 e. The van der Waals surface area contributed by atoms with Gasteiger partial charge in [-0.15, -0.1) is 0 Å². The van der Waals surface area contributed by atoms with Crippen LogP contribution in [0.5, 0.6) is 34.9 Å². The Hall–Kier alpha value is -9.10. The number of carbonyl (C=O) groups is 6. The Balaban J connectivity index is 0.000000188. The van der Waals surface area contributed by atoms with E-state index in [0.717, 1.165) is 31.7 Å². The first kappa shape index (κ1) is 112. The van der Waals surface area contributed by atoms with Crippen LogP contribution in [-0.4, -0.2) is 211 Å². The standard InChI is InChI=1S/C35H45F2N4O6.C34H43F2N4O6.C32H39F4N4O6.3V/c1-6-21-26(18-42)41-17-28(21)46-31-29(38-24-12-11-20(45-7-2)16-25(24)39-31)35(36,37)13-9-8-10-22-23-14-19(23)15-27(22)47-33(44)40-30(32(41)43)34(3,4)5;1-6-44-20-10-11-23-24(15-20)38-30-28(37-23)34(35,36)12-8-7-9-21-22-13-19(22)14-26(21)46-32(43)39-29(33(3,4)5)31(42)40-16-27(45-30)18(2)25(40)17-41;1-6-19-22(16-41)40-15-23(19)45-26-24(37-20-11-10-18(44-28(33)34)13-21(20)38-26)32(35,36)12-8-7-9-17-14-31(17,5)46-29(43)39-25(27(40)42)30(2,3)4;;;/h11-12,16,19,21-23,26-28,30H,6-10,13-15,17H2,1-5H3,(H,40,44);10-11,15,18-19,21-22,25-27,29H,6-9,12-14,16H2,1-5H3,(H,39,43);10-11,13,17,19,22-23,25,28H,6-9,12,14-15H2,1-5H3,(H,39,43);;;/q3*-1;;;/t19?,21-,22+,23?,26+,27+,28-,30+;18-,19?,21+,22?,25+,26+,27-,29+;17-,19+,22-,23+,25-,31-;;;/m001.../s1. The average Bonchev–Trinajstić information content (AvgIpc) is 1.57. The normalized spacial score (nSPS) is 31.3. The van der Waals surface area contributed by atoms with Gasteiger partial charge in [-0.1, -0.05) is 133 Å². The number of carbonyl (C=O) groups excluding carboxylic acids is 9. The number of rotatable bonds is 11. The molecule has 3 N–H and O–H groups in total. The summed E-state index contributed by atoms with van der Waals surface area (Å²) in [6.07, 6.45) is 7.66. The van der Waals surface area contributed by atoms with E-state index in [1.807, 2.05) is 81.2 Å². The van der Waals surface area contributed by atoms with E-state index < -0.39 is 197 Å². The van der Waals surface area contributed by atoms with Crippen LogP contribution in [0, 0.1) is 75.4 Å². The summed E-state index contributed by atoms with van der Waals surface area (Å²) in [6, 6.07) is 7.08. The summed E-state index contributed by atoms with van der Waals surface area (Å²) < 4.78 is 174. The van der Waals surface area contributed by atoms with E-state index >= 15 is 26.3 Å². The van der Waals surface area contributed by atoms with E-state index in [1.54, 1.807) is 77.9 Å². The molecule has 22 atom stereocenters. The number of nitrogens with one attached hydrogen (secondary N) is 3. The number of fused-ring (bicyclic) bond motifs is 19. The molecule has 11 aliphatic rings. The molecule has 773 valence electrons. The molecular weight excluding hydrogens is 1970 g/mol.